The molecular weight excluding hydrogens is 180 g/mol. The maximum Gasteiger partial charge on any atom is 0.348 e. The molecule has 3 N–H and O–H groups in total. The molecule has 0 spiro atoms. The lowest BCUT2D eigenvalue weighted by molar-refractivity contribution is 0.813. The summed E-state index contributed by atoms with van der Waals surface area (Å²) >= 11 is 0. The van der Waals surface area contributed by atoms with E-state index in [9.17, 15) is 4.79 Å². The van der Waals surface area contributed by atoms with E-state index in [0.717, 1.165) is 5.69 Å². The Hall–Kier alpha value is -1.88. The Kier molecular flexibility index (Phi) is 2.16. The molecule has 14 heavy (non-hydrogen) atoms. The van der Waals surface area contributed by atoms with Crippen molar-refractivity contribution in [2.75, 3.05) is 0 Å². The molecule has 2 rings (SSSR count). The van der Waals surface area contributed by atoms with Crippen LogP contribution in [0.25, 0.3) is 5.69 Å². The summed E-state index contributed by atoms with van der Waals surface area (Å²) in [5.74, 6) is 0.485. The molecule has 0 saturated carbocycles. The number of rotatable bonds is 2. The number of aromatic nitrogens is 3. The van der Waals surface area contributed by atoms with E-state index in [1.54, 1.807) is 0 Å². The van der Waals surface area contributed by atoms with Gasteiger partial charge in [-0.2, -0.15) is 4.68 Å². The number of hydrogen-bond donors (Lipinski definition) is 2. The SMILES string of the molecule is NCc1nn(-c2ccccc2)c(=O)[nH]1. The molecule has 1 aromatic carbocycles. The van der Waals surface area contributed by atoms with Crippen molar-refractivity contribution in [3.05, 3.63) is 46.6 Å². The average Bonchev–Trinajstić information content (AvgIpc) is 2.61. The number of nitrogens with zero attached hydrogens (tertiary/aromatic N) is 2. The zero-order valence-electron chi connectivity index (χ0n) is 7.47. The van der Waals surface area contributed by atoms with Crippen LogP contribution in [0.3, 0.4) is 0 Å². The van der Waals surface area contributed by atoms with Crippen LogP contribution < -0.4 is 11.4 Å². The third-order valence-corrected chi connectivity index (χ3v) is 1.86. The van der Waals surface area contributed by atoms with Crippen LogP contribution in [0.2, 0.25) is 0 Å². The topological polar surface area (TPSA) is 76.7 Å². The largest absolute Gasteiger partial charge is 0.348 e. The van der Waals surface area contributed by atoms with E-state index in [2.05, 4.69) is 10.1 Å². The van der Waals surface area contributed by atoms with E-state index in [4.69, 9.17) is 5.73 Å². The quantitative estimate of drug-likeness (QED) is 0.700. The van der Waals surface area contributed by atoms with E-state index in [1.165, 1.54) is 4.68 Å². The van der Waals surface area contributed by atoms with Crippen molar-refractivity contribution in [2.45, 2.75) is 6.54 Å². The van der Waals surface area contributed by atoms with Crippen LogP contribution in [0.1, 0.15) is 5.82 Å². The predicted molar refractivity (Wildman–Crippen MR) is 52.1 cm³/mol. The number of nitrogens with one attached hydrogen (secondary N) is 1. The van der Waals surface area contributed by atoms with Crippen molar-refractivity contribution in [3.8, 4) is 5.69 Å². The first-order valence-electron chi connectivity index (χ1n) is 4.25. The van der Waals surface area contributed by atoms with Gasteiger partial charge in [-0.15, -0.1) is 5.10 Å². The molecule has 72 valence electrons. The molecule has 0 bridgehead atoms. The van der Waals surface area contributed by atoms with Gasteiger partial charge in [0.05, 0.1) is 12.2 Å². The first-order valence-corrected chi connectivity index (χ1v) is 4.25. The highest BCUT2D eigenvalue weighted by Gasteiger charge is 2.04. The second-order valence-corrected chi connectivity index (χ2v) is 2.83. The Balaban J connectivity index is 2.52. The Morgan fingerprint density at radius 1 is 1.36 bits per heavy atom. The first kappa shape index (κ1) is 8.71. The second-order valence-electron chi connectivity index (χ2n) is 2.83. The summed E-state index contributed by atoms with van der Waals surface area (Å²) in [5, 5.41) is 4.02. The Bertz CT molecular complexity index is 471. The number of benzene rings is 1. The molecule has 0 atom stereocenters. The number of hydrogen-bond acceptors (Lipinski definition) is 3. The minimum absolute atomic E-state index is 0.231. The smallest absolute Gasteiger partial charge is 0.324 e. The predicted octanol–water partition coefficient (Wildman–Crippen LogP) is 0.0193. The summed E-state index contributed by atoms with van der Waals surface area (Å²) in [4.78, 5) is 14.0. The Labute approximate surface area is 80.2 Å². The fraction of sp³-hybridized carbons (Fsp3) is 0.111. The van der Waals surface area contributed by atoms with Gasteiger partial charge in [-0.1, -0.05) is 18.2 Å². The Morgan fingerprint density at radius 3 is 2.64 bits per heavy atom. The molecule has 5 nitrogen and oxygen atoms in total. The zero-order valence-corrected chi connectivity index (χ0v) is 7.47. The van der Waals surface area contributed by atoms with Gasteiger partial charge in [0.2, 0.25) is 0 Å². The van der Waals surface area contributed by atoms with Gasteiger partial charge in [0.25, 0.3) is 0 Å². The molecular formula is C9H10N4O. The fourth-order valence-corrected chi connectivity index (χ4v) is 1.20. The summed E-state index contributed by atoms with van der Waals surface area (Å²) in [6.45, 7) is 0.231. The van der Waals surface area contributed by atoms with Crippen LogP contribution in [0.15, 0.2) is 35.1 Å². The van der Waals surface area contributed by atoms with Gasteiger partial charge >= 0.3 is 5.69 Å². The molecule has 0 radical (unpaired) electrons. The molecule has 0 aliphatic rings. The second kappa shape index (κ2) is 3.47. The lowest BCUT2D eigenvalue weighted by atomic mass is 10.3. The number of aromatic amines is 1. The van der Waals surface area contributed by atoms with Crippen molar-refractivity contribution < 1.29 is 0 Å². The summed E-state index contributed by atoms with van der Waals surface area (Å²) in [5.41, 5.74) is 5.83. The molecule has 0 aliphatic carbocycles. The van der Waals surface area contributed by atoms with Gasteiger partial charge in [-0.25, -0.2) is 4.79 Å². The average molecular weight is 190 g/mol. The Morgan fingerprint density at radius 2 is 2.07 bits per heavy atom. The van der Waals surface area contributed by atoms with E-state index in [0.29, 0.717) is 5.82 Å². The van der Waals surface area contributed by atoms with Crippen molar-refractivity contribution >= 4 is 0 Å². The van der Waals surface area contributed by atoms with Crippen molar-refractivity contribution in [1.82, 2.24) is 14.8 Å². The molecule has 0 saturated heterocycles. The molecule has 0 unspecified atom stereocenters. The summed E-state index contributed by atoms with van der Waals surface area (Å²) in [6.07, 6.45) is 0. The van der Waals surface area contributed by atoms with Crippen molar-refractivity contribution in [1.29, 1.82) is 0 Å². The van der Waals surface area contributed by atoms with Gasteiger partial charge in [-0.05, 0) is 12.1 Å². The van der Waals surface area contributed by atoms with Crippen molar-refractivity contribution in [3.63, 3.8) is 0 Å². The van der Waals surface area contributed by atoms with Gasteiger partial charge in [0.1, 0.15) is 5.82 Å². The normalized spacial score (nSPS) is 10.4. The van der Waals surface area contributed by atoms with Crippen LogP contribution in [0.4, 0.5) is 0 Å². The summed E-state index contributed by atoms with van der Waals surface area (Å²) < 4.78 is 1.29. The molecule has 0 amide bonds. The van der Waals surface area contributed by atoms with E-state index < -0.39 is 0 Å². The van der Waals surface area contributed by atoms with Gasteiger partial charge in [0, 0.05) is 0 Å². The van der Waals surface area contributed by atoms with Crippen LogP contribution in [-0.2, 0) is 6.54 Å². The van der Waals surface area contributed by atoms with E-state index in [-0.39, 0.29) is 12.2 Å². The fourth-order valence-electron chi connectivity index (χ4n) is 1.20. The highest BCUT2D eigenvalue weighted by atomic mass is 16.1. The molecule has 2 aromatic rings. The van der Waals surface area contributed by atoms with Gasteiger partial charge in [0.15, 0.2) is 0 Å². The number of H-pyrrole nitrogens is 1. The van der Waals surface area contributed by atoms with Crippen LogP contribution in [0.5, 0.6) is 0 Å². The number of para-hydroxylation sites is 1. The third-order valence-electron chi connectivity index (χ3n) is 1.86. The first-order chi connectivity index (χ1) is 6.81. The molecule has 0 aliphatic heterocycles. The highest BCUT2D eigenvalue weighted by Crippen LogP contribution is 2.01. The lowest BCUT2D eigenvalue weighted by Crippen LogP contribution is -2.15. The summed E-state index contributed by atoms with van der Waals surface area (Å²) in [6, 6.07) is 9.19. The lowest BCUT2D eigenvalue weighted by Gasteiger charge is -1.96. The van der Waals surface area contributed by atoms with Crippen LogP contribution >= 0.6 is 0 Å². The molecule has 5 heteroatoms. The zero-order chi connectivity index (χ0) is 9.97. The van der Waals surface area contributed by atoms with Crippen molar-refractivity contribution in [2.24, 2.45) is 5.73 Å². The summed E-state index contributed by atoms with van der Waals surface area (Å²) in [7, 11) is 0. The minimum atomic E-state index is -0.267. The molecule has 1 heterocycles. The molecule has 0 fully saturated rings. The highest BCUT2D eigenvalue weighted by molar-refractivity contribution is 5.29. The number of nitrogens with two attached hydrogens (primary N) is 1. The van der Waals surface area contributed by atoms with Gasteiger partial charge in [-0.3, -0.25) is 4.98 Å². The minimum Gasteiger partial charge on any atom is -0.324 e. The van der Waals surface area contributed by atoms with E-state index in [1.807, 2.05) is 30.3 Å². The monoisotopic (exact) mass is 190 g/mol. The van der Waals surface area contributed by atoms with Crippen LogP contribution in [-0.4, -0.2) is 14.8 Å². The van der Waals surface area contributed by atoms with Crippen LogP contribution in [0, 0.1) is 0 Å². The van der Waals surface area contributed by atoms with E-state index >= 15 is 0 Å². The third kappa shape index (κ3) is 1.45. The maximum absolute atomic E-state index is 11.4. The molecule has 1 aromatic heterocycles. The van der Waals surface area contributed by atoms with Gasteiger partial charge < -0.3 is 5.73 Å². The maximum atomic E-state index is 11.4. The standard InChI is InChI=1S/C9H10N4O/c10-6-8-11-9(14)13(12-8)7-4-2-1-3-5-7/h1-5H,6,10H2,(H,11,12,14).